The summed E-state index contributed by atoms with van der Waals surface area (Å²) in [7, 11) is 0. The van der Waals surface area contributed by atoms with Gasteiger partial charge < -0.3 is 5.11 Å². The number of allylic oxidation sites excluding steroid dienone is 1. The van der Waals surface area contributed by atoms with Gasteiger partial charge in [-0.3, -0.25) is 19.9 Å². The predicted molar refractivity (Wildman–Crippen MR) is 101 cm³/mol. The van der Waals surface area contributed by atoms with Crippen molar-refractivity contribution < 1.29 is 14.7 Å². The fourth-order valence-corrected chi connectivity index (χ4v) is 2.55. The summed E-state index contributed by atoms with van der Waals surface area (Å²) in [5.74, 6) is -1.28. The SMILES string of the molecule is CC(=O)Nc1nc2ncc(/C=C(\C)c3ccc(C(=O)O)cc3)cc2c(=O)[nH]1. The molecule has 0 atom stereocenters. The molecule has 0 saturated carbocycles. The molecule has 2 heterocycles. The van der Waals surface area contributed by atoms with Gasteiger partial charge in [0, 0.05) is 13.1 Å². The Balaban J connectivity index is 1.95. The van der Waals surface area contributed by atoms with Crippen LogP contribution in [0.25, 0.3) is 22.7 Å². The second kappa shape index (κ2) is 7.20. The fourth-order valence-electron chi connectivity index (χ4n) is 2.55. The Hall–Kier alpha value is -3.81. The second-order valence-corrected chi connectivity index (χ2v) is 5.95. The van der Waals surface area contributed by atoms with Crippen molar-refractivity contribution in [1.29, 1.82) is 0 Å². The maximum absolute atomic E-state index is 12.2. The Morgan fingerprint density at radius 3 is 2.44 bits per heavy atom. The van der Waals surface area contributed by atoms with E-state index in [0.29, 0.717) is 10.9 Å². The lowest BCUT2D eigenvalue weighted by Crippen LogP contribution is -2.16. The molecule has 0 aliphatic heterocycles. The van der Waals surface area contributed by atoms with Crippen molar-refractivity contribution in [3.63, 3.8) is 0 Å². The van der Waals surface area contributed by atoms with Gasteiger partial charge in [0.05, 0.1) is 10.9 Å². The molecule has 3 aromatic rings. The van der Waals surface area contributed by atoms with Crippen LogP contribution in [0.15, 0.2) is 41.3 Å². The summed E-state index contributed by atoms with van der Waals surface area (Å²) in [6.45, 7) is 3.19. The van der Waals surface area contributed by atoms with Gasteiger partial charge in [0.25, 0.3) is 5.56 Å². The molecule has 0 aliphatic carbocycles. The van der Waals surface area contributed by atoms with Crippen molar-refractivity contribution in [1.82, 2.24) is 15.0 Å². The predicted octanol–water partition coefficient (Wildman–Crippen LogP) is 2.54. The number of hydrogen-bond acceptors (Lipinski definition) is 5. The number of anilines is 1. The first kappa shape index (κ1) is 18.0. The quantitative estimate of drug-likeness (QED) is 0.653. The molecule has 27 heavy (non-hydrogen) atoms. The minimum absolute atomic E-state index is 0.0468. The third-order valence-electron chi connectivity index (χ3n) is 3.85. The van der Waals surface area contributed by atoms with Crippen molar-refractivity contribution in [2.45, 2.75) is 13.8 Å². The number of pyridine rings is 1. The zero-order valence-corrected chi connectivity index (χ0v) is 14.6. The number of aromatic amines is 1. The Kier molecular flexibility index (Phi) is 4.80. The van der Waals surface area contributed by atoms with E-state index in [0.717, 1.165) is 11.1 Å². The molecule has 3 rings (SSSR count). The molecule has 8 heteroatoms. The van der Waals surface area contributed by atoms with Gasteiger partial charge in [-0.2, -0.15) is 4.98 Å². The number of aromatic nitrogens is 3. The minimum atomic E-state index is -0.979. The lowest BCUT2D eigenvalue weighted by atomic mass is 10.0. The van der Waals surface area contributed by atoms with Crippen LogP contribution in [0.2, 0.25) is 0 Å². The zero-order valence-electron chi connectivity index (χ0n) is 14.6. The van der Waals surface area contributed by atoms with Gasteiger partial charge in [-0.25, -0.2) is 9.78 Å². The van der Waals surface area contributed by atoms with E-state index in [-0.39, 0.29) is 23.1 Å². The highest BCUT2D eigenvalue weighted by Crippen LogP contribution is 2.19. The number of nitrogens with zero attached hydrogens (tertiary/aromatic N) is 2. The summed E-state index contributed by atoms with van der Waals surface area (Å²) in [6.07, 6.45) is 3.41. The summed E-state index contributed by atoms with van der Waals surface area (Å²) in [5, 5.41) is 11.7. The van der Waals surface area contributed by atoms with E-state index in [4.69, 9.17) is 5.11 Å². The monoisotopic (exact) mass is 364 g/mol. The number of nitrogens with one attached hydrogen (secondary N) is 2. The van der Waals surface area contributed by atoms with E-state index in [1.54, 1.807) is 24.4 Å². The molecule has 0 radical (unpaired) electrons. The van der Waals surface area contributed by atoms with Crippen LogP contribution in [0, 0.1) is 0 Å². The lowest BCUT2D eigenvalue weighted by molar-refractivity contribution is -0.114. The lowest BCUT2D eigenvalue weighted by Gasteiger charge is -2.05. The maximum Gasteiger partial charge on any atom is 0.335 e. The van der Waals surface area contributed by atoms with E-state index in [1.165, 1.54) is 19.1 Å². The normalized spacial score (nSPS) is 11.4. The number of benzene rings is 1. The third-order valence-corrected chi connectivity index (χ3v) is 3.85. The van der Waals surface area contributed by atoms with E-state index in [9.17, 15) is 14.4 Å². The standard InChI is InChI=1S/C19H16N4O4/c1-10(13-3-5-14(6-4-13)18(26)27)7-12-8-15-16(20-9-12)22-19(21-11(2)24)23-17(15)25/h3-9H,1-2H3,(H,26,27)(H2,20,21,22,23,24,25)/b10-7+. The number of rotatable bonds is 4. The number of carbonyl (C=O) groups excluding carboxylic acids is 1. The summed E-state index contributed by atoms with van der Waals surface area (Å²) < 4.78 is 0. The molecule has 0 unspecified atom stereocenters. The number of hydrogen-bond donors (Lipinski definition) is 3. The maximum atomic E-state index is 12.2. The smallest absolute Gasteiger partial charge is 0.335 e. The fraction of sp³-hybridized carbons (Fsp3) is 0.105. The number of fused-ring (bicyclic) bond motifs is 1. The van der Waals surface area contributed by atoms with Gasteiger partial charge in [-0.15, -0.1) is 0 Å². The average Bonchev–Trinajstić information content (AvgIpc) is 2.61. The number of amides is 1. The van der Waals surface area contributed by atoms with E-state index in [1.807, 2.05) is 13.0 Å². The number of carbonyl (C=O) groups is 2. The molecule has 0 aliphatic rings. The molecule has 3 N–H and O–H groups in total. The highest BCUT2D eigenvalue weighted by atomic mass is 16.4. The topological polar surface area (TPSA) is 125 Å². The Morgan fingerprint density at radius 1 is 1.15 bits per heavy atom. The van der Waals surface area contributed by atoms with Gasteiger partial charge in [-0.1, -0.05) is 12.1 Å². The molecule has 1 aromatic carbocycles. The highest BCUT2D eigenvalue weighted by molar-refractivity contribution is 5.90. The van der Waals surface area contributed by atoms with Crippen LogP contribution in [-0.4, -0.2) is 31.9 Å². The summed E-state index contributed by atoms with van der Waals surface area (Å²) in [4.78, 5) is 45.0. The molecule has 136 valence electrons. The highest BCUT2D eigenvalue weighted by Gasteiger charge is 2.08. The number of carboxylic acids is 1. The number of aromatic carboxylic acids is 1. The first-order valence-electron chi connectivity index (χ1n) is 8.03. The van der Waals surface area contributed by atoms with Crippen LogP contribution >= 0.6 is 0 Å². The molecular weight excluding hydrogens is 348 g/mol. The summed E-state index contributed by atoms with van der Waals surface area (Å²) >= 11 is 0. The van der Waals surface area contributed by atoms with Crippen LogP contribution in [0.4, 0.5) is 5.95 Å². The number of H-pyrrole nitrogens is 1. The largest absolute Gasteiger partial charge is 0.478 e. The van der Waals surface area contributed by atoms with Gasteiger partial charge in [-0.05, 0) is 47.9 Å². The molecule has 0 bridgehead atoms. The molecule has 8 nitrogen and oxygen atoms in total. The van der Waals surface area contributed by atoms with Crippen LogP contribution in [-0.2, 0) is 4.79 Å². The molecular formula is C19H16N4O4. The first-order valence-corrected chi connectivity index (χ1v) is 8.03. The van der Waals surface area contributed by atoms with E-state index < -0.39 is 11.5 Å². The van der Waals surface area contributed by atoms with Crippen molar-refractivity contribution >= 4 is 40.5 Å². The molecule has 0 fully saturated rings. The second-order valence-electron chi connectivity index (χ2n) is 5.95. The number of carboxylic acid groups (broad SMARTS) is 1. The molecule has 0 spiro atoms. The van der Waals surface area contributed by atoms with E-state index in [2.05, 4.69) is 20.3 Å². The van der Waals surface area contributed by atoms with Crippen LogP contribution in [0.5, 0.6) is 0 Å². The van der Waals surface area contributed by atoms with Crippen LogP contribution < -0.4 is 10.9 Å². The molecule has 1 amide bonds. The Morgan fingerprint density at radius 2 is 1.81 bits per heavy atom. The van der Waals surface area contributed by atoms with Gasteiger partial charge in [0.15, 0.2) is 5.65 Å². The van der Waals surface area contributed by atoms with E-state index >= 15 is 0 Å². The first-order chi connectivity index (χ1) is 12.8. The molecule has 0 saturated heterocycles. The Labute approximate surface area is 153 Å². The minimum Gasteiger partial charge on any atom is -0.478 e. The van der Waals surface area contributed by atoms with Crippen molar-refractivity contribution in [3.8, 4) is 0 Å². The van der Waals surface area contributed by atoms with Crippen molar-refractivity contribution in [2.24, 2.45) is 0 Å². The van der Waals surface area contributed by atoms with Gasteiger partial charge in [0.1, 0.15) is 0 Å². The third kappa shape index (κ3) is 4.06. The molecule has 2 aromatic heterocycles. The zero-order chi connectivity index (χ0) is 19.6. The van der Waals surface area contributed by atoms with Crippen LogP contribution in [0.3, 0.4) is 0 Å². The average molecular weight is 364 g/mol. The van der Waals surface area contributed by atoms with Crippen molar-refractivity contribution in [3.05, 3.63) is 63.6 Å². The summed E-state index contributed by atoms with van der Waals surface area (Å²) in [6, 6.07) is 8.16. The van der Waals surface area contributed by atoms with Crippen LogP contribution in [0.1, 0.15) is 35.3 Å². The van der Waals surface area contributed by atoms with Gasteiger partial charge in [0.2, 0.25) is 11.9 Å². The van der Waals surface area contributed by atoms with Gasteiger partial charge >= 0.3 is 5.97 Å². The summed E-state index contributed by atoms with van der Waals surface area (Å²) in [5.41, 5.74) is 2.46. The van der Waals surface area contributed by atoms with Crippen molar-refractivity contribution in [2.75, 3.05) is 5.32 Å². The Bertz CT molecular complexity index is 1130.